The second-order valence-electron chi connectivity index (χ2n) is 3.65. The Balaban J connectivity index is 3.18. The zero-order chi connectivity index (χ0) is 13.9. The number of halogens is 1. The molecule has 0 saturated carbocycles. The molecule has 0 heterocycles. The summed E-state index contributed by atoms with van der Waals surface area (Å²) in [6.07, 6.45) is 0. The lowest BCUT2D eigenvalue weighted by Crippen LogP contribution is -2.35. The molecule has 0 radical (unpaired) electrons. The normalized spacial score (nSPS) is 13.3. The Morgan fingerprint density at radius 3 is 2.61 bits per heavy atom. The number of rotatable bonds is 5. The van der Waals surface area contributed by atoms with Crippen molar-refractivity contribution in [2.45, 2.75) is 17.9 Å². The topological polar surface area (TPSA) is 104 Å². The average molecular weight is 338 g/mol. The predicted octanol–water partition coefficient (Wildman–Crippen LogP) is 0.806. The number of sulfonamides is 1. The Hall–Kier alpha value is -0.960. The molecule has 0 aliphatic rings. The van der Waals surface area contributed by atoms with Gasteiger partial charge in [-0.1, -0.05) is 0 Å². The SMILES string of the molecule is CC(CO)NS(=O)(=O)c1ccc(Br)c(C(=O)O)c1. The van der Waals surface area contributed by atoms with Crippen LogP contribution in [0.3, 0.4) is 0 Å². The van der Waals surface area contributed by atoms with Gasteiger partial charge in [0, 0.05) is 10.5 Å². The maximum absolute atomic E-state index is 11.9. The van der Waals surface area contributed by atoms with Crippen molar-refractivity contribution in [1.29, 1.82) is 0 Å². The van der Waals surface area contributed by atoms with E-state index >= 15 is 0 Å². The number of nitrogens with one attached hydrogen (secondary N) is 1. The van der Waals surface area contributed by atoms with Gasteiger partial charge in [0.1, 0.15) is 0 Å². The zero-order valence-corrected chi connectivity index (χ0v) is 11.8. The molecule has 0 amide bonds. The number of aliphatic hydroxyl groups is 1. The molecule has 0 saturated heterocycles. The van der Waals surface area contributed by atoms with Gasteiger partial charge in [0.05, 0.1) is 17.1 Å². The van der Waals surface area contributed by atoms with Crippen LogP contribution in [0.1, 0.15) is 17.3 Å². The van der Waals surface area contributed by atoms with E-state index in [0.717, 1.165) is 6.07 Å². The molecule has 1 unspecified atom stereocenters. The van der Waals surface area contributed by atoms with Crippen molar-refractivity contribution >= 4 is 31.9 Å². The van der Waals surface area contributed by atoms with Gasteiger partial charge in [0.15, 0.2) is 0 Å². The summed E-state index contributed by atoms with van der Waals surface area (Å²) in [6.45, 7) is 1.15. The zero-order valence-electron chi connectivity index (χ0n) is 9.42. The molecule has 0 spiro atoms. The fourth-order valence-corrected chi connectivity index (χ4v) is 2.88. The molecule has 0 aromatic heterocycles. The number of carbonyl (C=O) groups is 1. The van der Waals surface area contributed by atoms with E-state index in [4.69, 9.17) is 10.2 Å². The number of hydrogen-bond donors (Lipinski definition) is 3. The second-order valence-corrected chi connectivity index (χ2v) is 6.22. The molecular formula is C10H12BrNO5S. The van der Waals surface area contributed by atoms with Crippen molar-refractivity contribution in [3.8, 4) is 0 Å². The van der Waals surface area contributed by atoms with Crippen LogP contribution in [0.2, 0.25) is 0 Å². The minimum Gasteiger partial charge on any atom is -0.478 e. The number of aromatic carboxylic acids is 1. The van der Waals surface area contributed by atoms with Crippen molar-refractivity contribution < 1.29 is 23.4 Å². The van der Waals surface area contributed by atoms with E-state index in [-0.39, 0.29) is 17.1 Å². The van der Waals surface area contributed by atoms with Gasteiger partial charge >= 0.3 is 5.97 Å². The first-order valence-corrected chi connectivity index (χ1v) is 7.21. The van der Waals surface area contributed by atoms with Crippen molar-refractivity contribution in [2.75, 3.05) is 6.61 Å². The minimum absolute atomic E-state index is 0.144. The van der Waals surface area contributed by atoms with Crippen LogP contribution in [0.5, 0.6) is 0 Å². The lowest BCUT2D eigenvalue weighted by molar-refractivity contribution is 0.0695. The molecule has 1 aromatic carbocycles. The minimum atomic E-state index is -3.84. The van der Waals surface area contributed by atoms with Crippen LogP contribution in [0.25, 0.3) is 0 Å². The van der Waals surface area contributed by atoms with E-state index in [9.17, 15) is 13.2 Å². The first kappa shape index (κ1) is 15.1. The molecule has 0 aliphatic carbocycles. The van der Waals surface area contributed by atoms with E-state index < -0.39 is 22.0 Å². The third kappa shape index (κ3) is 3.52. The van der Waals surface area contributed by atoms with Crippen molar-refractivity contribution in [2.24, 2.45) is 0 Å². The van der Waals surface area contributed by atoms with Gasteiger partial charge in [0.2, 0.25) is 10.0 Å². The van der Waals surface area contributed by atoms with Gasteiger partial charge in [0.25, 0.3) is 0 Å². The van der Waals surface area contributed by atoms with Crippen molar-refractivity contribution in [3.05, 3.63) is 28.2 Å². The third-order valence-electron chi connectivity index (χ3n) is 2.11. The van der Waals surface area contributed by atoms with E-state index in [1.165, 1.54) is 19.1 Å². The summed E-state index contributed by atoms with van der Waals surface area (Å²) >= 11 is 3.03. The highest BCUT2D eigenvalue weighted by Crippen LogP contribution is 2.21. The van der Waals surface area contributed by atoms with Crippen molar-refractivity contribution in [1.82, 2.24) is 4.72 Å². The fourth-order valence-electron chi connectivity index (χ4n) is 1.21. The first-order valence-electron chi connectivity index (χ1n) is 4.94. The predicted molar refractivity (Wildman–Crippen MR) is 68.0 cm³/mol. The van der Waals surface area contributed by atoms with Crippen LogP contribution in [-0.4, -0.2) is 37.2 Å². The Kier molecular flexibility index (Phi) is 4.85. The van der Waals surface area contributed by atoms with Crippen LogP contribution in [0, 0.1) is 0 Å². The molecule has 1 atom stereocenters. The van der Waals surface area contributed by atoms with Gasteiger partial charge in [-0.25, -0.2) is 17.9 Å². The molecule has 1 aromatic rings. The highest BCUT2D eigenvalue weighted by Gasteiger charge is 2.19. The van der Waals surface area contributed by atoms with Crippen LogP contribution in [-0.2, 0) is 10.0 Å². The highest BCUT2D eigenvalue weighted by atomic mass is 79.9. The quantitative estimate of drug-likeness (QED) is 0.737. The molecule has 18 heavy (non-hydrogen) atoms. The summed E-state index contributed by atoms with van der Waals surface area (Å²) in [6, 6.07) is 3.04. The van der Waals surface area contributed by atoms with Crippen LogP contribution < -0.4 is 4.72 Å². The Bertz CT molecular complexity index is 557. The van der Waals surface area contributed by atoms with E-state index in [0.29, 0.717) is 4.47 Å². The number of carboxylic acid groups (broad SMARTS) is 1. The summed E-state index contributed by atoms with van der Waals surface area (Å²) < 4.78 is 26.2. The molecule has 0 fully saturated rings. The third-order valence-corrected chi connectivity index (χ3v) is 4.39. The van der Waals surface area contributed by atoms with Crippen LogP contribution in [0.15, 0.2) is 27.6 Å². The number of carboxylic acids is 1. The summed E-state index contributed by atoms with van der Waals surface area (Å²) in [5.74, 6) is -1.23. The Morgan fingerprint density at radius 2 is 2.11 bits per heavy atom. The van der Waals surface area contributed by atoms with Gasteiger partial charge < -0.3 is 10.2 Å². The Morgan fingerprint density at radius 1 is 1.50 bits per heavy atom. The van der Waals surface area contributed by atoms with E-state index in [1.54, 1.807) is 0 Å². The maximum Gasteiger partial charge on any atom is 0.336 e. The molecule has 0 bridgehead atoms. The molecule has 3 N–H and O–H groups in total. The maximum atomic E-state index is 11.9. The second kappa shape index (κ2) is 5.79. The molecule has 6 nitrogen and oxygen atoms in total. The van der Waals surface area contributed by atoms with Crippen LogP contribution >= 0.6 is 15.9 Å². The fraction of sp³-hybridized carbons (Fsp3) is 0.300. The van der Waals surface area contributed by atoms with Gasteiger partial charge in [-0.2, -0.15) is 0 Å². The smallest absolute Gasteiger partial charge is 0.336 e. The summed E-state index contributed by atoms with van der Waals surface area (Å²) in [4.78, 5) is 10.7. The van der Waals surface area contributed by atoms with E-state index in [2.05, 4.69) is 20.7 Å². The highest BCUT2D eigenvalue weighted by molar-refractivity contribution is 9.10. The molecular weight excluding hydrogens is 326 g/mol. The van der Waals surface area contributed by atoms with Crippen molar-refractivity contribution in [3.63, 3.8) is 0 Å². The van der Waals surface area contributed by atoms with Crippen LogP contribution in [0.4, 0.5) is 0 Å². The summed E-state index contributed by atoms with van der Waals surface area (Å²) in [7, 11) is -3.84. The molecule has 1 rings (SSSR count). The number of aliphatic hydroxyl groups excluding tert-OH is 1. The van der Waals surface area contributed by atoms with E-state index in [1.807, 2.05) is 0 Å². The monoisotopic (exact) mass is 337 g/mol. The largest absolute Gasteiger partial charge is 0.478 e. The van der Waals surface area contributed by atoms with Gasteiger partial charge in [-0.3, -0.25) is 0 Å². The Labute approximate surface area is 113 Å². The summed E-state index contributed by atoms with van der Waals surface area (Å²) in [5.41, 5.74) is -0.144. The number of hydrogen-bond acceptors (Lipinski definition) is 4. The standard InChI is InChI=1S/C10H12BrNO5S/c1-6(5-13)12-18(16,17)7-2-3-9(11)8(4-7)10(14)15/h2-4,6,12-13H,5H2,1H3,(H,14,15). The molecule has 100 valence electrons. The molecule has 8 heteroatoms. The number of benzene rings is 1. The van der Waals surface area contributed by atoms with Gasteiger partial charge in [-0.05, 0) is 41.1 Å². The lowest BCUT2D eigenvalue weighted by atomic mass is 10.2. The lowest BCUT2D eigenvalue weighted by Gasteiger charge is -2.12. The average Bonchev–Trinajstić information content (AvgIpc) is 2.28. The summed E-state index contributed by atoms with van der Waals surface area (Å²) in [5, 5.41) is 17.7. The molecule has 0 aliphatic heterocycles. The van der Waals surface area contributed by atoms with Gasteiger partial charge in [-0.15, -0.1) is 0 Å². The first-order chi connectivity index (χ1) is 8.27.